The van der Waals surface area contributed by atoms with Gasteiger partial charge in [-0.05, 0) is 63.4 Å². The van der Waals surface area contributed by atoms with Gasteiger partial charge in [-0.3, -0.25) is 4.90 Å². The van der Waals surface area contributed by atoms with Gasteiger partial charge in [0, 0.05) is 7.05 Å². The molecule has 1 saturated carbocycles. The molecule has 1 spiro atoms. The Morgan fingerprint density at radius 3 is 2.60 bits per heavy atom. The molecule has 0 amide bonds. The molecule has 2 fully saturated rings. The molecule has 25 heavy (non-hydrogen) atoms. The average Bonchev–Trinajstić information content (AvgIpc) is 3.23. The highest BCUT2D eigenvalue weighted by molar-refractivity contribution is 6.01. The highest BCUT2D eigenvalue weighted by Gasteiger charge is 2.48. The molecule has 1 aliphatic carbocycles. The van der Waals surface area contributed by atoms with Crippen molar-refractivity contribution in [1.82, 2.24) is 10.2 Å². The number of rotatable bonds is 2. The first-order valence-corrected chi connectivity index (χ1v) is 9.43. The van der Waals surface area contributed by atoms with E-state index in [0.717, 1.165) is 35.9 Å². The Hall–Kier alpha value is -1.99. The Bertz CT molecular complexity index is 761. The lowest BCUT2D eigenvalue weighted by Crippen LogP contribution is -2.45. The van der Waals surface area contributed by atoms with Gasteiger partial charge >= 0.3 is 0 Å². The molecule has 4 rings (SSSR count). The van der Waals surface area contributed by atoms with Crippen LogP contribution < -0.4 is 10.1 Å². The Balaban J connectivity index is 1.67. The summed E-state index contributed by atoms with van der Waals surface area (Å²) >= 11 is 0. The number of methoxy groups -OCH3 is 1. The maximum atomic E-state index is 5.67. The molecule has 132 valence electrons. The summed E-state index contributed by atoms with van der Waals surface area (Å²) in [6, 6.07) is 4.57. The Morgan fingerprint density at radius 1 is 1.24 bits per heavy atom. The predicted octanol–water partition coefficient (Wildman–Crippen LogP) is 3.22. The van der Waals surface area contributed by atoms with Gasteiger partial charge in [-0.1, -0.05) is 18.3 Å². The van der Waals surface area contributed by atoms with E-state index in [1.807, 2.05) is 7.05 Å². The van der Waals surface area contributed by atoms with Crippen LogP contribution in [-0.4, -0.2) is 44.0 Å². The molecule has 4 nitrogen and oxygen atoms in total. The van der Waals surface area contributed by atoms with E-state index in [9.17, 15) is 0 Å². The zero-order chi connectivity index (χ0) is 17.4. The minimum atomic E-state index is 0.0894. The molecule has 0 unspecified atom stereocenters. The van der Waals surface area contributed by atoms with Gasteiger partial charge in [0.25, 0.3) is 0 Å². The Morgan fingerprint density at radius 2 is 2.00 bits per heavy atom. The zero-order valence-electron chi connectivity index (χ0n) is 15.5. The number of fused-ring (bicyclic) bond motifs is 2. The largest absolute Gasteiger partial charge is 0.495 e. The Labute approximate surface area is 150 Å². The van der Waals surface area contributed by atoms with E-state index in [4.69, 9.17) is 9.73 Å². The summed E-state index contributed by atoms with van der Waals surface area (Å²) in [6.45, 7) is 4.52. The van der Waals surface area contributed by atoms with Crippen molar-refractivity contribution in [3.05, 3.63) is 23.3 Å². The van der Waals surface area contributed by atoms with Gasteiger partial charge in [-0.2, -0.15) is 0 Å². The topological polar surface area (TPSA) is 36.9 Å². The summed E-state index contributed by atoms with van der Waals surface area (Å²) in [5.41, 5.74) is 3.40. The summed E-state index contributed by atoms with van der Waals surface area (Å²) in [6.07, 6.45) is 6.17. The molecule has 1 aromatic carbocycles. The lowest BCUT2D eigenvalue weighted by atomic mass is 9.64. The molecule has 1 aromatic rings. The number of hydrogen-bond acceptors (Lipinski definition) is 4. The quantitative estimate of drug-likeness (QED) is 0.842. The van der Waals surface area contributed by atoms with Crippen molar-refractivity contribution in [2.24, 2.45) is 4.99 Å². The summed E-state index contributed by atoms with van der Waals surface area (Å²) in [5.74, 6) is 8.75. The van der Waals surface area contributed by atoms with Gasteiger partial charge in [0.2, 0.25) is 0 Å². The average molecular weight is 337 g/mol. The molecular weight excluding hydrogens is 310 g/mol. The molecule has 2 aliphatic heterocycles. The van der Waals surface area contributed by atoms with Crippen molar-refractivity contribution >= 4 is 11.5 Å². The summed E-state index contributed by atoms with van der Waals surface area (Å²) in [5, 5.41) is 3.31. The van der Waals surface area contributed by atoms with E-state index in [0.29, 0.717) is 0 Å². The molecular formula is C21H27N3O. The number of benzene rings is 1. The smallest absolute Gasteiger partial charge is 0.134 e. The minimum Gasteiger partial charge on any atom is -0.495 e. The van der Waals surface area contributed by atoms with E-state index in [-0.39, 0.29) is 11.5 Å². The second-order valence-electron chi connectivity index (χ2n) is 7.40. The monoisotopic (exact) mass is 337 g/mol. The van der Waals surface area contributed by atoms with Gasteiger partial charge in [-0.15, -0.1) is 0 Å². The van der Waals surface area contributed by atoms with Crippen LogP contribution in [0.1, 0.15) is 50.2 Å². The SMILES string of the molecule is CNC1=Nc2cc(C#C[C@H](C)N3CCCC3)c(OC)cc2C12CCC2. The normalized spacial score (nSPS) is 21.8. The van der Waals surface area contributed by atoms with Crippen LogP contribution in [0.2, 0.25) is 0 Å². The standard InChI is InChI=1S/C21H27N3O/c1-15(24-11-4-5-12-24)7-8-16-13-18-17(14-19(16)25-3)21(9-6-10-21)20(22-2)23-18/h13-15H,4-6,9-12H2,1-3H3,(H,22,23)/t15-/m0/s1. The lowest BCUT2D eigenvalue weighted by Gasteiger charge is -2.40. The first-order chi connectivity index (χ1) is 12.2. The van der Waals surface area contributed by atoms with Crippen LogP contribution >= 0.6 is 0 Å². The van der Waals surface area contributed by atoms with Crippen LogP contribution in [0.25, 0.3) is 0 Å². The van der Waals surface area contributed by atoms with Crippen LogP contribution in [0.5, 0.6) is 5.75 Å². The second kappa shape index (κ2) is 6.38. The summed E-state index contributed by atoms with van der Waals surface area (Å²) in [4.78, 5) is 7.31. The van der Waals surface area contributed by atoms with Gasteiger partial charge in [0.1, 0.15) is 11.6 Å². The van der Waals surface area contributed by atoms with Crippen molar-refractivity contribution in [1.29, 1.82) is 0 Å². The van der Waals surface area contributed by atoms with Crippen molar-refractivity contribution in [3.63, 3.8) is 0 Å². The number of likely N-dealkylation sites (tertiary alicyclic amines) is 1. The molecule has 0 bridgehead atoms. The van der Waals surface area contributed by atoms with Gasteiger partial charge in [0.05, 0.1) is 29.8 Å². The highest BCUT2D eigenvalue weighted by Crippen LogP contribution is 2.53. The van der Waals surface area contributed by atoms with Crippen molar-refractivity contribution in [2.45, 2.75) is 50.5 Å². The summed E-state index contributed by atoms with van der Waals surface area (Å²) < 4.78 is 5.67. The number of nitrogens with one attached hydrogen (secondary N) is 1. The third-order valence-corrected chi connectivity index (χ3v) is 6.07. The first kappa shape index (κ1) is 16.5. The third-order valence-electron chi connectivity index (χ3n) is 6.07. The number of likely N-dealkylation sites (N-methyl/N-ethyl adjacent to an activating group) is 1. The number of nitrogens with zero attached hydrogens (tertiary/aromatic N) is 2. The van der Waals surface area contributed by atoms with E-state index in [1.165, 1.54) is 37.7 Å². The number of hydrogen-bond donors (Lipinski definition) is 1. The fourth-order valence-electron chi connectivity index (χ4n) is 4.40. The molecule has 1 atom stereocenters. The van der Waals surface area contributed by atoms with Gasteiger partial charge in [-0.25, -0.2) is 4.99 Å². The fraction of sp³-hybridized carbons (Fsp3) is 0.571. The number of aliphatic imine (C=N–C) groups is 1. The van der Waals surface area contributed by atoms with Crippen LogP contribution in [0, 0.1) is 11.8 Å². The van der Waals surface area contributed by atoms with Crippen LogP contribution in [0.15, 0.2) is 17.1 Å². The van der Waals surface area contributed by atoms with Crippen LogP contribution in [0.3, 0.4) is 0 Å². The van der Waals surface area contributed by atoms with Crippen LogP contribution in [0.4, 0.5) is 5.69 Å². The molecule has 0 radical (unpaired) electrons. The van der Waals surface area contributed by atoms with Crippen molar-refractivity contribution in [2.75, 3.05) is 27.2 Å². The maximum absolute atomic E-state index is 5.67. The van der Waals surface area contributed by atoms with E-state index >= 15 is 0 Å². The van der Waals surface area contributed by atoms with E-state index in [1.54, 1.807) is 7.11 Å². The van der Waals surface area contributed by atoms with E-state index < -0.39 is 0 Å². The molecule has 1 N–H and O–H groups in total. The highest BCUT2D eigenvalue weighted by atomic mass is 16.5. The van der Waals surface area contributed by atoms with Crippen molar-refractivity contribution < 1.29 is 4.74 Å². The number of amidine groups is 1. The van der Waals surface area contributed by atoms with Gasteiger partial charge in [0.15, 0.2) is 0 Å². The maximum Gasteiger partial charge on any atom is 0.134 e. The molecule has 2 heterocycles. The molecule has 3 aliphatic rings. The molecule has 1 saturated heterocycles. The summed E-state index contributed by atoms with van der Waals surface area (Å²) in [7, 11) is 3.71. The molecule has 0 aromatic heterocycles. The zero-order valence-corrected chi connectivity index (χ0v) is 15.5. The van der Waals surface area contributed by atoms with Crippen molar-refractivity contribution in [3.8, 4) is 17.6 Å². The number of ether oxygens (including phenoxy) is 1. The van der Waals surface area contributed by atoms with Crippen LogP contribution in [-0.2, 0) is 5.41 Å². The third kappa shape index (κ3) is 2.62. The van der Waals surface area contributed by atoms with Gasteiger partial charge < -0.3 is 10.1 Å². The fourth-order valence-corrected chi connectivity index (χ4v) is 4.40. The second-order valence-corrected chi connectivity index (χ2v) is 7.40. The minimum absolute atomic E-state index is 0.0894. The van der Waals surface area contributed by atoms with E-state index in [2.05, 4.69) is 41.1 Å². The first-order valence-electron chi connectivity index (χ1n) is 9.43. The predicted molar refractivity (Wildman–Crippen MR) is 102 cm³/mol. The Kier molecular flexibility index (Phi) is 4.21. The molecule has 4 heteroatoms. The lowest BCUT2D eigenvalue weighted by molar-refractivity contribution is 0.308.